The first kappa shape index (κ1) is 17.4. The number of nitrogens with one attached hydrogen (secondary N) is 1. The van der Waals surface area contributed by atoms with Crippen LogP contribution in [-0.4, -0.2) is 57.2 Å². The van der Waals surface area contributed by atoms with Crippen LogP contribution in [-0.2, 0) is 11.2 Å². The topological polar surface area (TPSA) is 78.0 Å². The fraction of sp³-hybridized carbons (Fsp3) is 0.556. The Morgan fingerprint density at radius 3 is 2.44 bits per heavy atom. The molecule has 7 nitrogen and oxygen atoms in total. The van der Waals surface area contributed by atoms with Crippen LogP contribution in [0.4, 0.5) is 5.82 Å². The molecule has 2 aromatic rings. The minimum atomic E-state index is 0.204. The van der Waals surface area contributed by atoms with Gasteiger partial charge in [-0.2, -0.15) is 5.10 Å². The summed E-state index contributed by atoms with van der Waals surface area (Å²) in [4.78, 5) is 25.3. The fourth-order valence-electron chi connectivity index (χ4n) is 3.17. The van der Waals surface area contributed by atoms with E-state index in [0.717, 1.165) is 60.2 Å². The summed E-state index contributed by atoms with van der Waals surface area (Å²) >= 11 is 0. The van der Waals surface area contributed by atoms with Gasteiger partial charge in [-0.15, -0.1) is 0 Å². The Balaban J connectivity index is 1.54. The third-order valence-corrected chi connectivity index (χ3v) is 5.17. The third-order valence-electron chi connectivity index (χ3n) is 5.17. The molecule has 1 N–H and O–H groups in total. The van der Waals surface area contributed by atoms with Crippen LogP contribution in [0.25, 0.3) is 0 Å². The predicted molar refractivity (Wildman–Crippen MR) is 96.7 cm³/mol. The minimum Gasteiger partial charge on any atom is -0.353 e. The van der Waals surface area contributed by atoms with Crippen LogP contribution in [0.15, 0.2) is 6.33 Å². The molecule has 0 aromatic carbocycles. The lowest BCUT2D eigenvalue weighted by atomic mass is 10.1. The normalized spacial score (nSPS) is 14.9. The van der Waals surface area contributed by atoms with Crippen molar-refractivity contribution in [2.45, 2.75) is 40.5 Å². The molecule has 1 amide bonds. The molecule has 134 valence electrons. The zero-order valence-electron chi connectivity index (χ0n) is 15.5. The highest BCUT2D eigenvalue weighted by atomic mass is 16.2. The van der Waals surface area contributed by atoms with Gasteiger partial charge in [-0.25, -0.2) is 9.97 Å². The van der Waals surface area contributed by atoms with Gasteiger partial charge in [-0.1, -0.05) is 0 Å². The number of H-pyrrole nitrogens is 1. The van der Waals surface area contributed by atoms with Gasteiger partial charge >= 0.3 is 0 Å². The van der Waals surface area contributed by atoms with Crippen LogP contribution in [0.1, 0.15) is 34.6 Å². The lowest BCUT2D eigenvalue weighted by Gasteiger charge is -2.36. The highest BCUT2D eigenvalue weighted by Crippen LogP contribution is 2.20. The van der Waals surface area contributed by atoms with Crippen LogP contribution < -0.4 is 4.90 Å². The van der Waals surface area contributed by atoms with E-state index in [1.807, 2.05) is 25.7 Å². The summed E-state index contributed by atoms with van der Waals surface area (Å²) in [6.07, 6.45) is 2.82. The molecular formula is C18H26N6O. The first-order valence-corrected chi connectivity index (χ1v) is 8.78. The number of hydrogen-bond acceptors (Lipinski definition) is 5. The van der Waals surface area contributed by atoms with Crippen molar-refractivity contribution in [2.24, 2.45) is 0 Å². The van der Waals surface area contributed by atoms with Gasteiger partial charge < -0.3 is 9.80 Å². The standard InChI is InChI=1S/C18H26N6O/c1-12-15(4)21-22-16(12)5-6-17(25)23-7-9-24(10-8-23)18-13(2)14(3)19-11-20-18/h11H,5-10H2,1-4H3,(H,21,22). The van der Waals surface area contributed by atoms with Crippen molar-refractivity contribution in [3.63, 3.8) is 0 Å². The van der Waals surface area contributed by atoms with E-state index in [0.29, 0.717) is 12.8 Å². The Morgan fingerprint density at radius 1 is 1.08 bits per heavy atom. The summed E-state index contributed by atoms with van der Waals surface area (Å²) in [5.74, 6) is 1.19. The van der Waals surface area contributed by atoms with Crippen molar-refractivity contribution in [3.8, 4) is 0 Å². The average Bonchev–Trinajstić information content (AvgIpc) is 2.94. The van der Waals surface area contributed by atoms with Crippen molar-refractivity contribution < 1.29 is 4.79 Å². The summed E-state index contributed by atoms with van der Waals surface area (Å²) < 4.78 is 0. The number of anilines is 1. The van der Waals surface area contributed by atoms with Gasteiger partial charge in [-0.05, 0) is 33.3 Å². The molecule has 1 saturated heterocycles. The number of nitrogens with zero attached hydrogens (tertiary/aromatic N) is 5. The van der Waals surface area contributed by atoms with Crippen LogP contribution in [0.5, 0.6) is 0 Å². The number of aryl methyl sites for hydroxylation is 3. The molecule has 0 saturated carbocycles. The molecule has 7 heteroatoms. The van der Waals surface area contributed by atoms with E-state index in [9.17, 15) is 4.79 Å². The van der Waals surface area contributed by atoms with E-state index in [4.69, 9.17) is 0 Å². The quantitative estimate of drug-likeness (QED) is 0.915. The van der Waals surface area contributed by atoms with Crippen molar-refractivity contribution in [1.29, 1.82) is 0 Å². The molecule has 0 aliphatic carbocycles. The predicted octanol–water partition coefficient (Wildman–Crippen LogP) is 1.71. The molecule has 1 aliphatic rings. The molecule has 0 bridgehead atoms. The molecule has 1 aliphatic heterocycles. The van der Waals surface area contributed by atoms with Crippen LogP contribution in [0.3, 0.4) is 0 Å². The average molecular weight is 342 g/mol. The third kappa shape index (κ3) is 3.65. The molecule has 0 unspecified atom stereocenters. The lowest BCUT2D eigenvalue weighted by Crippen LogP contribution is -2.49. The van der Waals surface area contributed by atoms with E-state index in [-0.39, 0.29) is 5.91 Å². The van der Waals surface area contributed by atoms with Crippen molar-refractivity contribution in [2.75, 3.05) is 31.1 Å². The highest BCUT2D eigenvalue weighted by Gasteiger charge is 2.23. The second-order valence-corrected chi connectivity index (χ2v) is 6.70. The zero-order valence-corrected chi connectivity index (χ0v) is 15.5. The summed E-state index contributed by atoms with van der Waals surface area (Å²) in [6.45, 7) is 11.2. The van der Waals surface area contributed by atoms with Gasteiger partial charge in [0.2, 0.25) is 5.91 Å². The molecule has 2 aromatic heterocycles. The van der Waals surface area contributed by atoms with Crippen molar-refractivity contribution >= 4 is 11.7 Å². The largest absolute Gasteiger partial charge is 0.353 e. The number of aromatic nitrogens is 4. The number of carbonyl (C=O) groups excluding carboxylic acids is 1. The molecule has 0 radical (unpaired) electrons. The number of piperazine rings is 1. The summed E-state index contributed by atoms with van der Waals surface area (Å²) in [6, 6.07) is 0. The lowest BCUT2D eigenvalue weighted by molar-refractivity contribution is -0.131. The van der Waals surface area contributed by atoms with E-state index in [1.54, 1.807) is 6.33 Å². The van der Waals surface area contributed by atoms with E-state index >= 15 is 0 Å². The first-order valence-electron chi connectivity index (χ1n) is 8.78. The molecule has 0 spiro atoms. The number of rotatable bonds is 4. The summed E-state index contributed by atoms with van der Waals surface area (Å²) in [7, 11) is 0. The Morgan fingerprint density at radius 2 is 1.80 bits per heavy atom. The Hall–Kier alpha value is -2.44. The monoisotopic (exact) mass is 342 g/mol. The van der Waals surface area contributed by atoms with E-state index < -0.39 is 0 Å². The van der Waals surface area contributed by atoms with Gasteiger partial charge in [0, 0.05) is 56.0 Å². The molecule has 3 rings (SSSR count). The van der Waals surface area contributed by atoms with Crippen molar-refractivity contribution in [1.82, 2.24) is 25.1 Å². The summed E-state index contributed by atoms with van der Waals surface area (Å²) in [5, 5.41) is 7.26. The highest BCUT2D eigenvalue weighted by molar-refractivity contribution is 5.76. The number of carbonyl (C=O) groups is 1. The smallest absolute Gasteiger partial charge is 0.223 e. The van der Waals surface area contributed by atoms with Crippen molar-refractivity contribution in [3.05, 3.63) is 34.5 Å². The molecule has 1 fully saturated rings. The maximum atomic E-state index is 12.5. The molecule has 3 heterocycles. The molecular weight excluding hydrogens is 316 g/mol. The first-order chi connectivity index (χ1) is 12.0. The van der Waals surface area contributed by atoms with Gasteiger partial charge in [0.15, 0.2) is 0 Å². The number of hydrogen-bond donors (Lipinski definition) is 1. The SMILES string of the molecule is Cc1ncnc(N2CCN(C(=O)CCc3n[nH]c(C)c3C)CC2)c1C. The van der Waals surface area contributed by atoms with Gasteiger partial charge in [-0.3, -0.25) is 9.89 Å². The van der Waals surface area contributed by atoms with E-state index in [2.05, 4.69) is 32.0 Å². The Labute approximate surface area is 148 Å². The minimum absolute atomic E-state index is 0.204. The molecule has 0 atom stereocenters. The van der Waals surface area contributed by atoms with Gasteiger partial charge in [0.05, 0.1) is 5.69 Å². The maximum Gasteiger partial charge on any atom is 0.223 e. The fourth-order valence-corrected chi connectivity index (χ4v) is 3.17. The van der Waals surface area contributed by atoms with Gasteiger partial charge in [0.1, 0.15) is 12.1 Å². The second-order valence-electron chi connectivity index (χ2n) is 6.70. The van der Waals surface area contributed by atoms with Gasteiger partial charge in [0.25, 0.3) is 0 Å². The zero-order chi connectivity index (χ0) is 18.0. The Kier molecular flexibility index (Phi) is 5.01. The number of aromatic amines is 1. The van der Waals surface area contributed by atoms with Crippen LogP contribution in [0.2, 0.25) is 0 Å². The van der Waals surface area contributed by atoms with Crippen LogP contribution in [0, 0.1) is 27.7 Å². The molecule has 25 heavy (non-hydrogen) atoms. The maximum absolute atomic E-state index is 12.5. The van der Waals surface area contributed by atoms with E-state index in [1.165, 1.54) is 0 Å². The second kappa shape index (κ2) is 7.21. The Bertz CT molecular complexity index is 761. The number of amides is 1. The summed E-state index contributed by atoms with van der Waals surface area (Å²) in [5.41, 5.74) is 5.36. The van der Waals surface area contributed by atoms with Crippen LogP contribution >= 0.6 is 0 Å².